The molecule has 142 valence electrons. The van der Waals surface area contributed by atoms with Crippen LogP contribution >= 0.6 is 0 Å². The first kappa shape index (κ1) is 18.2. The number of aryl methyl sites for hydroxylation is 1. The van der Waals surface area contributed by atoms with Crippen LogP contribution in [0.1, 0.15) is 48.8 Å². The molecule has 2 bridgehead atoms. The fraction of sp³-hybridized carbons (Fsp3) is 0.250. The van der Waals surface area contributed by atoms with Crippen molar-refractivity contribution in [3.63, 3.8) is 0 Å². The van der Waals surface area contributed by atoms with Gasteiger partial charge in [0.15, 0.2) is 0 Å². The third-order valence-electron chi connectivity index (χ3n) is 5.36. The summed E-state index contributed by atoms with van der Waals surface area (Å²) in [4.78, 5) is 24.7. The molecule has 2 aromatic rings. The standard InChI is InChI=1S/C24H22O4/c1-12(2)23(25)27-21-17-9-6-14(5)10-18(17)22(28-24(26)13(3)4)20-16-8-7-15(11-16)19(20)21/h6-10,15-16H,1,3,11H2,2,4-5H3. The Kier molecular flexibility index (Phi) is 4.22. The molecular weight excluding hydrogens is 352 g/mol. The number of fused-ring (bicyclic) bond motifs is 6. The first-order chi connectivity index (χ1) is 13.3. The number of esters is 2. The van der Waals surface area contributed by atoms with E-state index in [2.05, 4.69) is 25.3 Å². The van der Waals surface area contributed by atoms with Gasteiger partial charge in [0.05, 0.1) is 0 Å². The van der Waals surface area contributed by atoms with E-state index in [-0.39, 0.29) is 11.8 Å². The molecular formula is C24H22O4. The molecule has 0 spiro atoms. The van der Waals surface area contributed by atoms with Gasteiger partial charge in [0.25, 0.3) is 0 Å². The van der Waals surface area contributed by atoms with Crippen molar-refractivity contribution in [1.82, 2.24) is 0 Å². The van der Waals surface area contributed by atoms with Crippen molar-refractivity contribution < 1.29 is 19.1 Å². The minimum Gasteiger partial charge on any atom is -0.422 e. The Hall–Kier alpha value is -3.14. The maximum absolute atomic E-state index is 12.4. The SMILES string of the molecule is C=C(C)C(=O)Oc1c2c(c(OC(=O)C(=C)C)c3cc(C)ccc13)C1C=CC2C1. The summed E-state index contributed by atoms with van der Waals surface area (Å²) in [6.45, 7) is 12.6. The normalized spacial score (nSPS) is 18.8. The molecule has 0 saturated heterocycles. The lowest BCUT2D eigenvalue weighted by molar-refractivity contribution is -0.131. The van der Waals surface area contributed by atoms with Crippen LogP contribution in [0.3, 0.4) is 0 Å². The van der Waals surface area contributed by atoms with Crippen molar-refractivity contribution in [3.05, 3.63) is 71.3 Å². The number of benzene rings is 2. The molecule has 4 rings (SSSR count). The molecule has 28 heavy (non-hydrogen) atoms. The van der Waals surface area contributed by atoms with Crippen LogP contribution in [-0.2, 0) is 9.59 Å². The molecule has 0 heterocycles. The molecule has 4 heteroatoms. The number of allylic oxidation sites excluding steroid dienone is 2. The summed E-state index contributed by atoms with van der Waals surface area (Å²) >= 11 is 0. The third-order valence-corrected chi connectivity index (χ3v) is 5.36. The van der Waals surface area contributed by atoms with E-state index in [4.69, 9.17) is 9.47 Å². The Bertz CT molecular complexity index is 1100. The Morgan fingerprint density at radius 1 is 0.893 bits per heavy atom. The van der Waals surface area contributed by atoms with Gasteiger partial charge in [0.2, 0.25) is 0 Å². The van der Waals surface area contributed by atoms with E-state index in [9.17, 15) is 9.59 Å². The van der Waals surface area contributed by atoms with Crippen LogP contribution in [0.4, 0.5) is 0 Å². The summed E-state index contributed by atoms with van der Waals surface area (Å²) in [5.74, 6) is 0.464. The number of rotatable bonds is 4. The zero-order valence-corrected chi connectivity index (χ0v) is 16.3. The summed E-state index contributed by atoms with van der Waals surface area (Å²) in [6, 6.07) is 5.84. The average Bonchev–Trinajstić information content (AvgIpc) is 3.25. The number of hydrogen-bond donors (Lipinski definition) is 0. The zero-order valence-electron chi connectivity index (χ0n) is 16.3. The lowest BCUT2D eigenvalue weighted by Crippen LogP contribution is -2.14. The van der Waals surface area contributed by atoms with Crippen molar-refractivity contribution in [2.45, 2.75) is 39.0 Å². The monoisotopic (exact) mass is 374 g/mol. The van der Waals surface area contributed by atoms with E-state index in [0.717, 1.165) is 33.9 Å². The Morgan fingerprint density at radius 3 is 1.89 bits per heavy atom. The quantitative estimate of drug-likeness (QED) is 0.317. The van der Waals surface area contributed by atoms with Gasteiger partial charge in [-0.1, -0.05) is 43.0 Å². The van der Waals surface area contributed by atoms with Crippen LogP contribution < -0.4 is 9.47 Å². The van der Waals surface area contributed by atoms with E-state index in [1.807, 2.05) is 25.1 Å². The first-order valence-corrected chi connectivity index (χ1v) is 9.31. The van der Waals surface area contributed by atoms with E-state index >= 15 is 0 Å². The zero-order chi connectivity index (χ0) is 20.2. The van der Waals surface area contributed by atoms with Gasteiger partial charge in [-0.25, -0.2) is 9.59 Å². The second-order valence-corrected chi connectivity index (χ2v) is 7.71. The van der Waals surface area contributed by atoms with Gasteiger partial charge in [-0.2, -0.15) is 0 Å². The predicted octanol–water partition coefficient (Wildman–Crippen LogP) is 5.25. The second kappa shape index (κ2) is 6.48. The summed E-state index contributed by atoms with van der Waals surface area (Å²) in [5.41, 5.74) is 3.57. The van der Waals surface area contributed by atoms with Crippen molar-refractivity contribution in [1.29, 1.82) is 0 Å². The number of hydrogen-bond acceptors (Lipinski definition) is 4. The van der Waals surface area contributed by atoms with Gasteiger partial charge in [-0.05, 0) is 33.3 Å². The van der Waals surface area contributed by atoms with Gasteiger partial charge >= 0.3 is 11.9 Å². The predicted molar refractivity (Wildman–Crippen MR) is 109 cm³/mol. The highest BCUT2D eigenvalue weighted by Crippen LogP contribution is 2.58. The van der Waals surface area contributed by atoms with Gasteiger partial charge in [0, 0.05) is 44.9 Å². The maximum Gasteiger partial charge on any atom is 0.338 e. The van der Waals surface area contributed by atoms with Gasteiger partial charge < -0.3 is 9.47 Å². The number of ether oxygens (including phenoxy) is 2. The summed E-state index contributed by atoms with van der Waals surface area (Å²) < 4.78 is 11.6. The van der Waals surface area contributed by atoms with Crippen molar-refractivity contribution >= 4 is 22.7 Å². The van der Waals surface area contributed by atoms with Crippen LogP contribution in [-0.4, -0.2) is 11.9 Å². The minimum absolute atomic E-state index is 0.139. The molecule has 0 N–H and O–H groups in total. The van der Waals surface area contributed by atoms with Crippen molar-refractivity contribution in [2.24, 2.45) is 0 Å². The van der Waals surface area contributed by atoms with E-state index in [0.29, 0.717) is 22.6 Å². The van der Waals surface area contributed by atoms with E-state index in [1.165, 1.54) is 0 Å². The molecule has 4 nitrogen and oxygen atoms in total. The topological polar surface area (TPSA) is 52.6 Å². The highest BCUT2D eigenvalue weighted by Gasteiger charge is 2.40. The van der Waals surface area contributed by atoms with Gasteiger partial charge in [-0.3, -0.25) is 0 Å². The lowest BCUT2D eigenvalue weighted by Gasteiger charge is -2.22. The minimum atomic E-state index is -0.456. The van der Waals surface area contributed by atoms with Crippen LogP contribution in [0, 0.1) is 6.92 Å². The Balaban J connectivity index is 2.03. The van der Waals surface area contributed by atoms with Crippen LogP contribution in [0.5, 0.6) is 11.5 Å². The molecule has 0 amide bonds. The van der Waals surface area contributed by atoms with Crippen LogP contribution in [0.15, 0.2) is 54.7 Å². The molecule has 2 aliphatic rings. The molecule has 2 aliphatic carbocycles. The average molecular weight is 374 g/mol. The number of carbonyl (C=O) groups is 2. The molecule has 2 atom stereocenters. The highest BCUT2D eigenvalue weighted by molar-refractivity contribution is 6.02. The fourth-order valence-electron chi connectivity index (χ4n) is 4.02. The molecule has 2 aromatic carbocycles. The second-order valence-electron chi connectivity index (χ2n) is 7.71. The summed E-state index contributed by atoms with van der Waals surface area (Å²) in [6.07, 6.45) is 5.16. The summed E-state index contributed by atoms with van der Waals surface area (Å²) in [7, 11) is 0. The Morgan fingerprint density at radius 2 is 1.39 bits per heavy atom. The fourth-order valence-corrected chi connectivity index (χ4v) is 4.02. The smallest absolute Gasteiger partial charge is 0.338 e. The van der Waals surface area contributed by atoms with Crippen LogP contribution in [0.25, 0.3) is 10.8 Å². The largest absolute Gasteiger partial charge is 0.422 e. The van der Waals surface area contributed by atoms with E-state index in [1.54, 1.807) is 13.8 Å². The molecule has 0 fully saturated rings. The summed E-state index contributed by atoms with van der Waals surface area (Å²) in [5, 5.41) is 1.52. The third kappa shape index (κ3) is 2.76. The van der Waals surface area contributed by atoms with Gasteiger partial charge in [0.1, 0.15) is 11.5 Å². The molecule has 0 aliphatic heterocycles. The molecule has 0 radical (unpaired) electrons. The highest BCUT2D eigenvalue weighted by atomic mass is 16.5. The Labute approximate surface area is 164 Å². The van der Waals surface area contributed by atoms with Gasteiger partial charge in [-0.15, -0.1) is 0 Å². The molecule has 0 saturated carbocycles. The van der Waals surface area contributed by atoms with Crippen LogP contribution in [0.2, 0.25) is 0 Å². The van der Waals surface area contributed by atoms with Crippen molar-refractivity contribution in [3.8, 4) is 11.5 Å². The van der Waals surface area contributed by atoms with E-state index < -0.39 is 11.9 Å². The lowest BCUT2D eigenvalue weighted by atomic mass is 9.90. The number of carbonyl (C=O) groups excluding carboxylic acids is 2. The molecule has 0 aromatic heterocycles. The first-order valence-electron chi connectivity index (χ1n) is 9.31. The maximum atomic E-state index is 12.4. The van der Waals surface area contributed by atoms with Crippen molar-refractivity contribution in [2.75, 3.05) is 0 Å². The molecule has 2 unspecified atom stereocenters.